The summed E-state index contributed by atoms with van der Waals surface area (Å²) in [5.41, 5.74) is 1.89. The molecule has 25 heavy (non-hydrogen) atoms. The van der Waals surface area contributed by atoms with Crippen molar-refractivity contribution in [1.82, 2.24) is 10.2 Å². The fourth-order valence-corrected chi connectivity index (χ4v) is 3.61. The predicted molar refractivity (Wildman–Crippen MR) is 101 cm³/mol. The average Bonchev–Trinajstić information content (AvgIpc) is 3.01. The molecule has 0 saturated carbocycles. The zero-order chi connectivity index (χ0) is 17.8. The van der Waals surface area contributed by atoms with Gasteiger partial charge in [-0.3, -0.25) is 0 Å². The zero-order valence-corrected chi connectivity index (χ0v) is 16.2. The molecule has 2 aromatic carbocycles. The second kappa shape index (κ2) is 8.32. The maximum absolute atomic E-state index is 6.15. The molecule has 3 aromatic rings. The molecule has 0 radical (unpaired) electrons. The highest BCUT2D eigenvalue weighted by Crippen LogP contribution is 2.28. The normalized spacial score (nSPS) is 10.9. The van der Waals surface area contributed by atoms with Gasteiger partial charge in [0.1, 0.15) is 5.75 Å². The summed E-state index contributed by atoms with van der Waals surface area (Å²) in [6.07, 6.45) is 0. The van der Waals surface area contributed by atoms with Gasteiger partial charge in [-0.15, -0.1) is 10.2 Å². The summed E-state index contributed by atoms with van der Waals surface area (Å²) >= 11 is 19.4. The molecule has 1 heterocycles. The number of hydrogen-bond acceptors (Lipinski definition) is 5. The van der Waals surface area contributed by atoms with Crippen molar-refractivity contribution < 1.29 is 9.15 Å². The molecule has 0 spiro atoms. The Morgan fingerprint density at radius 3 is 2.56 bits per heavy atom. The van der Waals surface area contributed by atoms with E-state index in [1.165, 1.54) is 11.8 Å². The van der Waals surface area contributed by atoms with Crippen LogP contribution in [0.2, 0.25) is 15.1 Å². The van der Waals surface area contributed by atoms with Gasteiger partial charge in [0.25, 0.3) is 11.1 Å². The van der Waals surface area contributed by atoms with Crippen LogP contribution < -0.4 is 4.74 Å². The van der Waals surface area contributed by atoms with E-state index in [4.69, 9.17) is 44.0 Å². The molecule has 0 aliphatic heterocycles. The molecule has 0 unspecified atom stereocenters. The molecule has 4 nitrogen and oxygen atoms in total. The number of halogens is 3. The molecule has 0 N–H and O–H groups in total. The Morgan fingerprint density at radius 2 is 1.80 bits per heavy atom. The van der Waals surface area contributed by atoms with E-state index < -0.39 is 0 Å². The monoisotopic (exact) mass is 414 g/mol. The first-order chi connectivity index (χ1) is 12.0. The van der Waals surface area contributed by atoms with Crippen LogP contribution in [0, 0.1) is 6.92 Å². The second-order valence-corrected chi connectivity index (χ2v) is 7.39. The summed E-state index contributed by atoms with van der Waals surface area (Å²) in [4.78, 5) is 0. The summed E-state index contributed by atoms with van der Waals surface area (Å²) in [6, 6.07) is 10.8. The molecule has 8 heteroatoms. The lowest BCUT2D eigenvalue weighted by molar-refractivity contribution is 0.251. The molecule has 0 fully saturated rings. The fourth-order valence-electron chi connectivity index (χ4n) is 2.05. The van der Waals surface area contributed by atoms with Gasteiger partial charge in [-0.1, -0.05) is 52.6 Å². The Bertz CT molecular complexity index is 816. The quantitative estimate of drug-likeness (QED) is 0.448. The van der Waals surface area contributed by atoms with Crippen LogP contribution in [0.1, 0.15) is 17.0 Å². The van der Waals surface area contributed by atoms with E-state index >= 15 is 0 Å². The van der Waals surface area contributed by atoms with Gasteiger partial charge in [-0.2, -0.15) is 0 Å². The number of nitrogens with zero attached hydrogens (tertiary/aromatic N) is 2. The number of benzene rings is 2. The van der Waals surface area contributed by atoms with Crippen LogP contribution in [-0.4, -0.2) is 10.2 Å². The average molecular weight is 416 g/mol. The minimum absolute atomic E-state index is 0.192. The van der Waals surface area contributed by atoms with Crippen LogP contribution in [-0.2, 0) is 12.4 Å². The van der Waals surface area contributed by atoms with E-state index in [0.29, 0.717) is 31.9 Å². The largest absolute Gasteiger partial charge is 0.484 e. The molecule has 0 amide bonds. The molecular formula is C17H13Cl3N2O2S. The van der Waals surface area contributed by atoms with E-state index in [0.717, 1.165) is 16.9 Å². The van der Waals surface area contributed by atoms with Crippen molar-refractivity contribution in [3.63, 3.8) is 0 Å². The second-order valence-electron chi connectivity index (χ2n) is 5.18. The fraction of sp³-hybridized carbons (Fsp3) is 0.176. The highest BCUT2D eigenvalue weighted by atomic mass is 35.5. The third kappa shape index (κ3) is 5.05. The Labute approximate surface area is 164 Å². The third-order valence-electron chi connectivity index (χ3n) is 3.30. The zero-order valence-electron chi connectivity index (χ0n) is 13.1. The maximum atomic E-state index is 6.15. The van der Waals surface area contributed by atoms with E-state index in [1.54, 1.807) is 18.2 Å². The lowest BCUT2D eigenvalue weighted by Crippen LogP contribution is -1.97. The van der Waals surface area contributed by atoms with Crippen molar-refractivity contribution >= 4 is 46.6 Å². The first-order valence-electron chi connectivity index (χ1n) is 7.29. The number of aromatic nitrogens is 2. The topological polar surface area (TPSA) is 48.2 Å². The molecular weight excluding hydrogens is 403 g/mol. The van der Waals surface area contributed by atoms with Crippen molar-refractivity contribution in [2.75, 3.05) is 0 Å². The van der Waals surface area contributed by atoms with Gasteiger partial charge in [0.2, 0.25) is 0 Å². The van der Waals surface area contributed by atoms with Crippen molar-refractivity contribution in [1.29, 1.82) is 0 Å². The number of hydrogen-bond donors (Lipinski definition) is 0. The number of ether oxygens (including phenoxy) is 1. The van der Waals surface area contributed by atoms with Crippen molar-refractivity contribution in [3.8, 4) is 5.75 Å². The van der Waals surface area contributed by atoms with Crippen LogP contribution in [0.4, 0.5) is 0 Å². The first-order valence-corrected chi connectivity index (χ1v) is 9.41. The van der Waals surface area contributed by atoms with Crippen molar-refractivity contribution in [2.45, 2.75) is 24.5 Å². The summed E-state index contributed by atoms with van der Waals surface area (Å²) in [5, 5.41) is 10.3. The Morgan fingerprint density at radius 1 is 1.04 bits per heavy atom. The highest BCUT2D eigenvalue weighted by molar-refractivity contribution is 7.98. The Kier molecular flexibility index (Phi) is 6.12. The van der Waals surface area contributed by atoms with Crippen LogP contribution >= 0.6 is 46.6 Å². The maximum Gasteiger partial charge on any atom is 0.277 e. The molecule has 0 aliphatic rings. The van der Waals surface area contributed by atoms with Crippen LogP contribution in [0.15, 0.2) is 46.0 Å². The predicted octanol–water partition coefficient (Wildman–Crippen LogP) is 6.21. The molecule has 0 bridgehead atoms. The van der Waals surface area contributed by atoms with Crippen molar-refractivity contribution in [3.05, 3.63) is 68.5 Å². The van der Waals surface area contributed by atoms with Crippen LogP contribution in [0.25, 0.3) is 0 Å². The summed E-state index contributed by atoms with van der Waals surface area (Å²) < 4.78 is 11.3. The molecule has 0 aliphatic carbocycles. The SMILES string of the molecule is Cc1cc(Cl)ccc1OCc1nnc(SCc2ccc(Cl)cc2Cl)o1. The van der Waals surface area contributed by atoms with Gasteiger partial charge in [-0.05, 0) is 48.4 Å². The van der Waals surface area contributed by atoms with Gasteiger partial charge < -0.3 is 9.15 Å². The summed E-state index contributed by atoms with van der Waals surface area (Å²) in [6.45, 7) is 2.11. The van der Waals surface area contributed by atoms with Crippen molar-refractivity contribution in [2.24, 2.45) is 0 Å². The van der Waals surface area contributed by atoms with Gasteiger partial charge in [0.05, 0.1) is 0 Å². The minimum Gasteiger partial charge on any atom is -0.484 e. The van der Waals surface area contributed by atoms with E-state index in [2.05, 4.69) is 10.2 Å². The Balaban J connectivity index is 1.57. The van der Waals surface area contributed by atoms with Gasteiger partial charge >= 0.3 is 0 Å². The standard InChI is InChI=1S/C17H13Cl3N2O2S/c1-10-6-12(18)4-5-15(10)23-8-16-21-22-17(24-16)25-9-11-2-3-13(19)7-14(11)20/h2-7H,8-9H2,1H3. The van der Waals surface area contributed by atoms with Crippen LogP contribution in [0.5, 0.6) is 5.75 Å². The molecule has 130 valence electrons. The van der Waals surface area contributed by atoms with E-state index in [9.17, 15) is 0 Å². The lowest BCUT2D eigenvalue weighted by atomic mass is 10.2. The number of thioether (sulfide) groups is 1. The highest BCUT2D eigenvalue weighted by Gasteiger charge is 2.10. The van der Waals surface area contributed by atoms with Crippen LogP contribution in [0.3, 0.4) is 0 Å². The number of aryl methyl sites for hydroxylation is 1. The molecule has 0 saturated heterocycles. The van der Waals surface area contributed by atoms with E-state index in [-0.39, 0.29) is 6.61 Å². The van der Waals surface area contributed by atoms with Gasteiger partial charge in [0.15, 0.2) is 6.61 Å². The lowest BCUT2D eigenvalue weighted by Gasteiger charge is -2.06. The Hall–Kier alpha value is -1.40. The molecule has 3 rings (SSSR count). The summed E-state index contributed by atoms with van der Waals surface area (Å²) in [5.74, 6) is 1.73. The first kappa shape index (κ1) is 18.4. The van der Waals surface area contributed by atoms with E-state index in [1.807, 2.05) is 25.1 Å². The summed E-state index contributed by atoms with van der Waals surface area (Å²) in [7, 11) is 0. The third-order valence-corrected chi connectivity index (χ3v) is 4.99. The van der Waals surface area contributed by atoms with Gasteiger partial charge in [0, 0.05) is 20.8 Å². The molecule has 0 atom stereocenters. The molecule has 1 aromatic heterocycles. The minimum atomic E-state index is 0.192. The van der Waals surface area contributed by atoms with Gasteiger partial charge in [-0.25, -0.2) is 0 Å². The number of rotatable bonds is 6. The smallest absolute Gasteiger partial charge is 0.277 e.